The summed E-state index contributed by atoms with van der Waals surface area (Å²) < 4.78 is 22.6. The van der Waals surface area contributed by atoms with E-state index >= 15 is 4.39 Å². The lowest BCUT2D eigenvalue weighted by atomic mass is 10.1. The summed E-state index contributed by atoms with van der Waals surface area (Å²) in [6.45, 7) is 3.46. The minimum Gasteiger partial charge on any atom is -0.486 e. The molecular formula is C24H23FN6O3. The highest BCUT2D eigenvalue weighted by Gasteiger charge is 2.30. The summed E-state index contributed by atoms with van der Waals surface area (Å²) >= 11 is 0. The first-order valence-corrected chi connectivity index (χ1v) is 11.3. The summed E-state index contributed by atoms with van der Waals surface area (Å²) in [5.41, 5.74) is 2.27. The molecule has 34 heavy (non-hydrogen) atoms. The molecule has 6 rings (SSSR count). The molecule has 9 nitrogen and oxygen atoms in total. The van der Waals surface area contributed by atoms with Crippen LogP contribution in [-0.2, 0) is 6.54 Å². The number of carbonyl (C=O) groups is 1. The lowest BCUT2D eigenvalue weighted by molar-refractivity contribution is 0.0138. The predicted molar refractivity (Wildman–Crippen MR) is 122 cm³/mol. The van der Waals surface area contributed by atoms with Gasteiger partial charge in [0.25, 0.3) is 11.5 Å². The van der Waals surface area contributed by atoms with Gasteiger partial charge >= 0.3 is 0 Å². The highest BCUT2D eigenvalue weighted by Crippen LogP contribution is 2.24. The maximum atomic E-state index is 15.2. The van der Waals surface area contributed by atoms with Crippen LogP contribution in [-0.4, -0.2) is 55.6 Å². The zero-order chi connectivity index (χ0) is 23.4. The zero-order valence-electron chi connectivity index (χ0n) is 18.5. The fourth-order valence-electron chi connectivity index (χ4n) is 4.28. The molecule has 0 bridgehead atoms. The summed E-state index contributed by atoms with van der Waals surface area (Å²) in [7, 11) is 0. The number of amides is 1. The number of nitrogens with zero attached hydrogens (tertiary/aromatic N) is 4. The first-order valence-electron chi connectivity index (χ1n) is 11.3. The van der Waals surface area contributed by atoms with Gasteiger partial charge in [-0.15, -0.1) is 0 Å². The van der Waals surface area contributed by atoms with Gasteiger partial charge in [0.2, 0.25) is 0 Å². The van der Waals surface area contributed by atoms with Crippen LogP contribution in [0.3, 0.4) is 0 Å². The van der Waals surface area contributed by atoms with Crippen LogP contribution >= 0.6 is 0 Å². The molecule has 1 saturated carbocycles. The first kappa shape index (κ1) is 20.8. The third-order valence-corrected chi connectivity index (χ3v) is 6.23. The van der Waals surface area contributed by atoms with Gasteiger partial charge in [0.15, 0.2) is 5.82 Å². The van der Waals surface area contributed by atoms with Gasteiger partial charge in [-0.05, 0) is 44.0 Å². The molecule has 1 aliphatic heterocycles. The molecule has 3 aromatic heterocycles. The van der Waals surface area contributed by atoms with Crippen LogP contribution in [0, 0.1) is 12.7 Å². The molecule has 2 aliphatic rings. The fourth-order valence-corrected chi connectivity index (χ4v) is 4.28. The van der Waals surface area contributed by atoms with Crippen molar-refractivity contribution in [3.8, 4) is 5.75 Å². The molecule has 0 radical (unpaired) electrons. The molecule has 0 spiro atoms. The summed E-state index contributed by atoms with van der Waals surface area (Å²) in [5, 5.41) is 7.22. The van der Waals surface area contributed by atoms with Crippen LogP contribution in [0.5, 0.6) is 5.75 Å². The Kier molecular flexibility index (Phi) is 4.84. The quantitative estimate of drug-likeness (QED) is 0.455. The number of benzene rings is 1. The first-order chi connectivity index (χ1) is 16.4. The number of carbonyl (C=O) groups excluding carboxylic acids is 1. The van der Waals surface area contributed by atoms with Crippen molar-refractivity contribution < 1.29 is 13.9 Å². The number of rotatable bonds is 6. The summed E-state index contributed by atoms with van der Waals surface area (Å²) in [6, 6.07) is 8.88. The number of aromatic amines is 1. The number of ether oxygens (including phenoxy) is 1. The smallest absolute Gasteiger partial charge is 0.274 e. The van der Waals surface area contributed by atoms with E-state index in [-0.39, 0.29) is 29.1 Å². The average Bonchev–Trinajstić information content (AvgIpc) is 3.52. The van der Waals surface area contributed by atoms with Crippen LogP contribution in [0.4, 0.5) is 4.39 Å². The van der Waals surface area contributed by atoms with Crippen LogP contribution < -0.4 is 15.6 Å². The molecule has 174 valence electrons. The Morgan fingerprint density at radius 2 is 2.06 bits per heavy atom. The number of H-pyrrole nitrogens is 1. The molecular weight excluding hydrogens is 439 g/mol. The number of nitrogens with one attached hydrogen (secondary N) is 2. The Morgan fingerprint density at radius 1 is 1.24 bits per heavy atom. The number of aryl methyl sites for hydroxylation is 1. The topological polar surface area (TPSA) is 105 Å². The van der Waals surface area contributed by atoms with Crippen molar-refractivity contribution in [3.05, 3.63) is 69.7 Å². The Bertz CT molecular complexity index is 1470. The van der Waals surface area contributed by atoms with Crippen molar-refractivity contribution in [2.24, 2.45) is 0 Å². The van der Waals surface area contributed by atoms with E-state index in [4.69, 9.17) is 4.74 Å². The van der Waals surface area contributed by atoms with Gasteiger partial charge in [-0.1, -0.05) is 6.07 Å². The molecule has 1 aliphatic carbocycles. The van der Waals surface area contributed by atoms with Gasteiger partial charge in [-0.25, -0.2) is 13.9 Å². The Hall–Kier alpha value is -3.79. The molecule has 0 unspecified atom stereocenters. The predicted octanol–water partition coefficient (Wildman–Crippen LogP) is 2.17. The molecule has 1 amide bonds. The zero-order valence-corrected chi connectivity index (χ0v) is 18.5. The largest absolute Gasteiger partial charge is 0.486 e. The Labute approximate surface area is 193 Å². The van der Waals surface area contributed by atoms with E-state index in [1.54, 1.807) is 43.5 Å². The second-order valence-corrected chi connectivity index (χ2v) is 9.03. The lowest BCUT2D eigenvalue weighted by Gasteiger charge is -2.39. The number of fused-ring (bicyclic) bond motifs is 3. The van der Waals surface area contributed by atoms with E-state index in [2.05, 4.69) is 25.3 Å². The monoisotopic (exact) mass is 462 g/mol. The number of halogens is 1. The van der Waals surface area contributed by atoms with E-state index in [1.807, 2.05) is 0 Å². The Morgan fingerprint density at radius 3 is 2.79 bits per heavy atom. The highest BCUT2D eigenvalue weighted by molar-refractivity contribution is 5.92. The van der Waals surface area contributed by atoms with E-state index in [0.29, 0.717) is 53.4 Å². The number of likely N-dealkylation sites (tertiary alicyclic amines) is 1. The second-order valence-electron chi connectivity index (χ2n) is 9.03. The molecule has 1 saturated heterocycles. The van der Waals surface area contributed by atoms with Gasteiger partial charge in [-0.3, -0.25) is 14.5 Å². The summed E-state index contributed by atoms with van der Waals surface area (Å²) in [5.74, 6) is -0.00930. The highest BCUT2D eigenvalue weighted by atomic mass is 19.1. The second kappa shape index (κ2) is 7.91. The summed E-state index contributed by atoms with van der Waals surface area (Å²) in [6.07, 6.45) is 3.57. The molecule has 4 heterocycles. The normalized spacial score (nSPS) is 16.6. The third-order valence-electron chi connectivity index (χ3n) is 6.23. The Balaban J connectivity index is 1.10. The van der Waals surface area contributed by atoms with Crippen molar-refractivity contribution in [2.45, 2.75) is 38.5 Å². The molecule has 0 atom stereocenters. The molecule has 2 N–H and O–H groups in total. The van der Waals surface area contributed by atoms with E-state index in [1.165, 1.54) is 4.52 Å². The van der Waals surface area contributed by atoms with Crippen molar-refractivity contribution in [2.75, 3.05) is 13.1 Å². The molecule has 4 aromatic rings. The molecule has 1 aromatic carbocycles. The lowest BCUT2D eigenvalue weighted by Crippen LogP contribution is -2.53. The van der Waals surface area contributed by atoms with E-state index in [0.717, 1.165) is 12.8 Å². The number of hydrogen-bond donors (Lipinski definition) is 2. The maximum absolute atomic E-state index is 15.2. The average molecular weight is 462 g/mol. The standard InChI is InChI=1S/C24H23FN6O3/c1-13-8-20-24(33)28-22-19(31(20)29-13)7-2-14(21(22)25)10-30-11-17(12-30)34-16-5-6-18(26-9-16)23(32)27-15-3-4-15/h2,5-9,15,17H,3-4,10-12H2,1H3,(H,27,32)(H,28,33). The third kappa shape index (κ3) is 3.79. The SMILES string of the molecule is Cc1cc2c(=O)[nH]c3c(F)c(CN4CC(Oc5ccc(C(=O)NC6CC6)nc5)C4)ccc3n2n1. The maximum Gasteiger partial charge on any atom is 0.274 e. The van der Waals surface area contributed by atoms with E-state index < -0.39 is 5.82 Å². The fraction of sp³-hybridized carbons (Fsp3) is 0.333. The van der Waals surface area contributed by atoms with Gasteiger partial charge in [0, 0.05) is 31.2 Å². The van der Waals surface area contributed by atoms with Gasteiger partial charge < -0.3 is 15.0 Å². The minimum atomic E-state index is -0.446. The summed E-state index contributed by atoms with van der Waals surface area (Å²) in [4.78, 5) is 33.3. The molecule has 10 heteroatoms. The molecule has 2 fully saturated rings. The number of aromatic nitrogens is 4. The van der Waals surface area contributed by atoms with Crippen molar-refractivity contribution >= 4 is 22.5 Å². The van der Waals surface area contributed by atoms with E-state index in [9.17, 15) is 9.59 Å². The van der Waals surface area contributed by atoms with Gasteiger partial charge in [0.1, 0.15) is 28.6 Å². The van der Waals surface area contributed by atoms with Crippen molar-refractivity contribution in [3.63, 3.8) is 0 Å². The van der Waals surface area contributed by atoms with Crippen LogP contribution in [0.2, 0.25) is 0 Å². The minimum absolute atomic E-state index is 0.0389. The van der Waals surface area contributed by atoms with Crippen molar-refractivity contribution in [1.82, 2.24) is 29.8 Å². The number of pyridine rings is 1. The van der Waals surface area contributed by atoms with Crippen molar-refractivity contribution in [1.29, 1.82) is 0 Å². The van der Waals surface area contributed by atoms with Gasteiger partial charge in [-0.2, -0.15) is 5.10 Å². The van der Waals surface area contributed by atoms with Crippen LogP contribution in [0.1, 0.15) is 34.6 Å². The van der Waals surface area contributed by atoms with Crippen LogP contribution in [0.25, 0.3) is 16.6 Å². The number of hydrogen-bond acceptors (Lipinski definition) is 6. The van der Waals surface area contributed by atoms with Crippen LogP contribution in [0.15, 0.2) is 41.3 Å². The van der Waals surface area contributed by atoms with Gasteiger partial charge in [0.05, 0.1) is 17.4 Å².